The van der Waals surface area contributed by atoms with E-state index in [9.17, 15) is 0 Å². The quantitative estimate of drug-likeness (QED) is 0.711. The van der Waals surface area contributed by atoms with Gasteiger partial charge in [0.25, 0.3) is 0 Å². The first-order valence-electron chi connectivity index (χ1n) is 5.62. The van der Waals surface area contributed by atoms with E-state index >= 15 is 0 Å². The largest absolute Gasteiger partial charge is 0.396 e. The number of aliphatic hydroxyl groups excluding tert-OH is 2. The molecule has 0 fully saturated rings. The van der Waals surface area contributed by atoms with Crippen LogP contribution in [0.1, 0.15) is 17.7 Å². The number of aliphatic hydroxyl groups is 2. The van der Waals surface area contributed by atoms with Crippen molar-refractivity contribution in [1.29, 1.82) is 0 Å². The van der Waals surface area contributed by atoms with Crippen molar-refractivity contribution in [1.82, 2.24) is 9.88 Å². The van der Waals surface area contributed by atoms with Gasteiger partial charge in [0.2, 0.25) is 0 Å². The van der Waals surface area contributed by atoms with E-state index in [0.717, 1.165) is 30.8 Å². The van der Waals surface area contributed by atoms with Crippen LogP contribution in [0.5, 0.6) is 0 Å². The fraction of sp³-hybridized carbons (Fsp3) is 0.583. The van der Waals surface area contributed by atoms with Crippen LogP contribution in [0.2, 0.25) is 0 Å². The average molecular weight is 224 g/mol. The summed E-state index contributed by atoms with van der Waals surface area (Å²) in [5.74, 6) is 0. The van der Waals surface area contributed by atoms with Gasteiger partial charge in [-0.05, 0) is 25.0 Å². The second-order valence-electron chi connectivity index (χ2n) is 3.84. The molecule has 0 aliphatic carbocycles. The lowest BCUT2D eigenvalue weighted by Crippen LogP contribution is -2.28. The van der Waals surface area contributed by atoms with Crippen molar-refractivity contribution in [3.8, 4) is 0 Å². The number of rotatable bonds is 7. The summed E-state index contributed by atoms with van der Waals surface area (Å²) in [4.78, 5) is 6.43. The molecule has 0 saturated carbocycles. The van der Waals surface area contributed by atoms with Crippen molar-refractivity contribution < 1.29 is 10.2 Å². The van der Waals surface area contributed by atoms with Gasteiger partial charge in [0, 0.05) is 32.4 Å². The van der Waals surface area contributed by atoms with E-state index in [2.05, 4.69) is 9.88 Å². The summed E-state index contributed by atoms with van der Waals surface area (Å²) in [7, 11) is 0. The molecule has 0 unspecified atom stereocenters. The van der Waals surface area contributed by atoms with Crippen LogP contribution >= 0.6 is 0 Å². The van der Waals surface area contributed by atoms with E-state index in [0.29, 0.717) is 6.54 Å². The highest BCUT2D eigenvalue weighted by Gasteiger charge is 2.07. The van der Waals surface area contributed by atoms with Gasteiger partial charge in [-0.25, -0.2) is 0 Å². The maximum Gasteiger partial charge on any atom is 0.0573 e. The van der Waals surface area contributed by atoms with Crippen LogP contribution in [-0.4, -0.2) is 46.4 Å². The molecule has 1 rings (SSSR count). The Morgan fingerprint density at radius 3 is 2.69 bits per heavy atom. The van der Waals surface area contributed by atoms with Crippen LogP contribution in [0.4, 0.5) is 0 Å². The highest BCUT2D eigenvalue weighted by Crippen LogP contribution is 2.07. The Morgan fingerprint density at radius 2 is 2.06 bits per heavy atom. The summed E-state index contributed by atoms with van der Waals surface area (Å²) >= 11 is 0. The molecule has 0 amide bonds. The number of nitrogens with zero attached hydrogens (tertiary/aromatic N) is 2. The number of hydrogen-bond donors (Lipinski definition) is 2. The summed E-state index contributed by atoms with van der Waals surface area (Å²) in [5.41, 5.74) is 2.20. The van der Waals surface area contributed by atoms with Gasteiger partial charge < -0.3 is 10.2 Å². The Bertz CT molecular complexity index is 305. The number of hydrogen-bond acceptors (Lipinski definition) is 4. The predicted molar refractivity (Wildman–Crippen MR) is 63.0 cm³/mol. The molecule has 1 aromatic heterocycles. The molecular weight excluding hydrogens is 204 g/mol. The van der Waals surface area contributed by atoms with E-state index in [4.69, 9.17) is 10.2 Å². The Hall–Kier alpha value is -0.970. The van der Waals surface area contributed by atoms with E-state index in [1.54, 1.807) is 6.20 Å². The number of pyridine rings is 1. The van der Waals surface area contributed by atoms with Crippen molar-refractivity contribution in [2.45, 2.75) is 19.9 Å². The Kier molecular flexibility index (Phi) is 6.00. The fourth-order valence-corrected chi connectivity index (χ4v) is 1.60. The van der Waals surface area contributed by atoms with Crippen molar-refractivity contribution in [2.75, 3.05) is 26.3 Å². The molecule has 0 bridgehead atoms. The third-order valence-electron chi connectivity index (χ3n) is 2.54. The molecule has 90 valence electrons. The third-order valence-corrected chi connectivity index (χ3v) is 2.54. The summed E-state index contributed by atoms with van der Waals surface area (Å²) in [5, 5.41) is 17.8. The molecule has 0 aliphatic heterocycles. The second-order valence-corrected chi connectivity index (χ2v) is 3.84. The average Bonchev–Trinajstić information content (AvgIpc) is 2.29. The maximum absolute atomic E-state index is 8.96. The van der Waals surface area contributed by atoms with E-state index < -0.39 is 0 Å². The second kappa shape index (κ2) is 7.33. The Balaban J connectivity index is 2.56. The minimum Gasteiger partial charge on any atom is -0.396 e. The highest BCUT2D eigenvalue weighted by molar-refractivity contribution is 5.17. The SMILES string of the molecule is Cc1cccnc1CN(CCO)CCCO. The molecule has 1 aromatic rings. The number of aromatic nitrogens is 1. The molecule has 4 nitrogen and oxygen atoms in total. The van der Waals surface area contributed by atoms with Gasteiger partial charge in [-0.15, -0.1) is 0 Å². The standard InChI is InChI=1S/C12H20N2O2/c1-11-4-2-5-13-12(11)10-14(7-9-16)6-3-8-15/h2,4-5,15-16H,3,6-10H2,1H3. The minimum atomic E-state index is 0.136. The van der Waals surface area contributed by atoms with Crippen LogP contribution in [0, 0.1) is 6.92 Å². The van der Waals surface area contributed by atoms with Crippen LogP contribution in [0.3, 0.4) is 0 Å². The van der Waals surface area contributed by atoms with Gasteiger partial charge in [-0.3, -0.25) is 9.88 Å². The predicted octanol–water partition coefficient (Wildman–Crippen LogP) is 0.567. The first kappa shape index (κ1) is 13.1. The first-order chi connectivity index (χ1) is 7.77. The van der Waals surface area contributed by atoms with Crippen molar-refractivity contribution >= 4 is 0 Å². The molecule has 1 heterocycles. The summed E-state index contributed by atoms with van der Waals surface area (Å²) in [6.07, 6.45) is 2.51. The van der Waals surface area contributed by atoms with Gasteiger partial charge in [-0.1, -0.05) is 6.07 Å². The van der Waals surface area contributed by atoms with Crippen LogP contribution in [0.15, 0.2) is 18.3 Å². The first-order valence-corrected chi connectivity index (χ1v) is 5.62. The lowest BCUT2D eigenvalue weighted by Gasteiger charge is -2.21. The van der Waals surface area contributed by atoms with Gasteiger partial charge in [0.05, 0.1) is 12.3 Å². The lowest BCUT2D eigenvalue weighted by atomic mass is 10.2. The van der Waals surface area contributed by atoms with E-state index in [-0.39, 0.29) is 13.2 Å². The molecule has 16 heavy (non-hydrogen) atoms. The molecule has 4 heteroatoms. The van der Waals surface area contributed by atoms with Gasteiger partial charge in [0.15, 0.2) is 0 Å². The molecule has 0 atom stereocenters. The summed E-state index contributed by atoms with van der Waals surface area (Å²) in [6.45, 7) is 4.49. The third kappa shape index (κ3) is 4.26. The zero-order chi connectivity index (χ0) is 11.8. The Labute approximate surface area is 96.6 Å². The smallest absolute Gasteiger partial charge is 0.0573 e. The molecule has 0 radical (unpaired) electrons. The van der Waals surface area contributed by atoms with Crippen LogP contribution in [0.25, 0.3) is 0 Å². The van der Waals surface area contributed by atoms with E-state index in [1.807, 2.05) is 19.1 Å². The monoisotopic (exact) mass is 224 g/mol. The minimum absolute atomic E-state index is 0.136. The van der Waals surface area contributed by atoms with Crippen molar-refractivity contribution in [2.24, 2.45) is 0 Å². The molecule has 0 spiro atoms. The van der Waals surface area contributed by atoms with Crippen molar-refractivity contribution in [3.63, 3.8) is 0 Å². The van der Waals surface area contributed by atoms with E-state index in [1.165, 1.54) is 0 Å². The topological polar surface area (TPSA) is 56.6 Å². The number of aryl methyl sites for hydroxylation is 1. The molecular formula is C12H20N2O2. The van der Waals surface area contributed by atoms with Gasteiger partial charge in [-0.2, -0.15) is 0 Å². The molecule has 0 saturated heterocycles. The fourth-order valence-electron chi connectivity index (χ4n) is 1.60. The zero-order valence-electron chi connectivity index (χ0n) is 9.76. The molecule has 0 aromatic carbocycles. The lowest BCUT2D eigenvalue weighted by molar-refractivity contribution is 0.173. The van der Waals surface area contributed by atoms with Gasteiger partial charge >= 0.3 is 0 Å². The Morgan fingerprint density at radius 1 is 1.25 bits per heavy atom. The van der Waals surface area contributed by atoms with Crippen LogP contribution in [-0.2, 0) is 6.54 Å². The zero-order valence-corrected chi connectivity index (χ0v) is 9.76. The maximum atomic E-state index is 8.96. The summed E-state index contributed by atoms with van der Waals surface area (Å²) in [6, 6.07) is 3.95. The normalized spacial score (nSPS) is 11.0. The van der Waals surface area contributed by atoms with Crippen molar-refractivity contribution in [3.05, 3.63) is 29.6 Å². The van der Waals surface area contributed by atoms with Gasteiger partial charge in [0.1, 0.15) is 0 Å². The summed E-state index contributed by atoms with van der Waals surface area (Å²) < 4.78 is 0. The highest BCUT2D eigenvalue weighted by atomic mass is 16.3. The van der Waals surface area contributed by atoms with Crippen LogP contribution < -0.4 is 0 Å². The molecule has 0 aliphatic rings. The molecule has 2 N–H and O–H groups in total.